The van der Waals surface area contributed by atoms with E-state index in [2.05, 4.69) is 68.0 Å². The van der Waals surface area contributed by atoms with Crippen LogP contribution in [0.1, 0.15) is 23.9 Å². The molecule has 2 rings (SSSR count). The fourth-order valence-corrected chi connectivity index (χ4v) is 2.98. The summed E-state index contributed by atoms with van der Waals surface area (Å²) in [6, 6.07) is 10.8. The molecular weight excluding hydrogens is 252 g/mol. The van der Waals surface area contributed by atoms with Crippen LogP contribution in [-0.4, -0.2) is 10.3 Å². The Kier molecular flexibility index (Phi) is 4.59. The standard InChI is InChI=1S/C16H22N2S/c1-5-19-16-9-7-6-8-15(16)17-11-14-10-12(2)18(4)13(14)3/h6-10,17H,5,11H2,1-4H3. The molecule has 1 heterocycles. The lowest BCUT2D eigenvalue weighted by Gasteiger charge is -2.11. The molecule has 1 aromatic carbocycles. The van der Waals surface area contributed by atoms with E-state index < -0.39 is 0 Å². The molecule has 0 spiro atoms. The van der Waals surface area contributed by atoms with Gasteiger partial charge in [0.2, 0.25) is 0 Å². The van der Waals surface area contributed by atoms with Gasteiger partial charge in [0.25, 0.3) is 0 Å². The molecule has 0 aliphatic carbocycles. The Balaban J connectivity index is 2.12. The van der Waals surface area contributed by atoms with Gasteiger partial charge in [0.05, 0.1) is 0 Å². The number of thioether (sulfide) groups is 1. The highest BCUT2D eigenvalue weighted by Crippen LogP contribution is 2.27. The zero-order chi connectivity index (χ0) is 13.8. The van der Waals surface area contributed by atoms with Crippen molar-refractivity contribution in [3.05, 3.63) is 47.3 Å². The molecule has 1 aromatic heterocycles. The molecule has 19 heavy (non-hydrogen) atoms. The van der Waals surface area contributed by atoms with Crippen LogP contribution < -0.4 is 5.32 Å². The molecule has 2 aromatic rings. The van der Waals surface area contributed by atoms with Crippen LogP contribution >= 0.6 is 11.8 Å². The van der Waals surface area contributed by atoms with Crippen molar-refractivity contribution in [1.29, 1.82) is 0 Å². The minimum absolute atomic E-state index is 0.884. The van der Waals surface area contributed by atoms with Crippen LogP contribution in [0.15, 0.2) is 35.2 Å². The maximum Gasteiger partial charge on any atom is 0.0481 e. The smallest absolute Gasteiger partial charge is 0.0481 e. The van der Waals surface area contributed by atoms with Crippen LogP contribution in [0.5, 0.6) is 0 Å². The van der Waals surface area contributed by atoms with Crippen LogP contribution in [-0.2, 0) is 13.6 Å². The van der Waals surface area contributed by atoms with E-state index in [-0.39, 0.29) is 0 Å². The maximum atomic E-state index is 3.56. The first-order chi connectivity index (χ1) is 9.13. The highest BCUT2D eigenvalue weighted by atomic mass is 32.2. The van der Waals surface area contributed by atoms with Gasteiger partial charge in [-0.1, -0.05) is 19.1 Å². The summed E-state index contributed by atoms with van der Waals surface area (Å²) in [4.78, 5) is 1.33. The summed E-state index contributed by atoms with van der Waals surface area (Å²) in [6.07, 6.45) is 0. The molecular formula is C16H22N2S. The molecule has 0 unspecified atom stereocenters. The van der Waals surface area contributed by atoms with E-state index in [4.69, 9.17) is 0 Å². The van der Waals surface area contributed by atoms with Gasteiger partial charge < -0.3 is 9.88 Å². The minimum Gasteiger partial charge on any atom is -0.380 e. The van der Waals surface area contributed by atoms with Gasteiger partial charge in [-0.3, -0.25) is 0 Å². The van der Waals surface area contributed by atoms with E-state index in [1.54, 1.807) is 0 Å². The fraction of sp³-hybridized carbons (Fsp3) is 0.375. The van der Waals surface area contributed by atoms with Gasteiger partial charge in [-0.25, -0.2) is 0 Å². The summed E-state index contributed by atoms with van der Waals surface area (Å²) >= 11 is 1.88. The average Bonchev–Trinajstić information content (AvgIpc) is 2.66. The number of aryl methyl sites for hydroxylation is 1. The Morgan fingerprint density at radius 3 is 2.58 bits per heavy atom. The summed E-state index contributed by atoms with van der Waals surface area (Å²) in [7, 11) is 2.12. The molecule has 102 valence electrons. The second kappa shape index (κ2) is 6.20. The van der Waals surface area contributed by atoms with Crippen LogP contribution in [0.3, 0.4) is 0 Å². The van der Waals surface area contributed by atoms with Crippen molar-refractivity contribution in [1.82, 2.24) is 4.57 Å². The molecule has 1 N–H and O–H groups in total. The topological polar surface area (TPSA) is 17.0 Å². The van der Waals surface area contributed by atoms with E-state index in [0.717, 1.165) is 12.3 Å². The van der Waals surface area contributed by atoms with Gasteiger partial charge in [0.15, 0.2) is 0 Å². The maximum absolute atomic E-state index is 3.56. The molecule has 2 nitrogen and oxygen atoms in total. The number of nitrogens with one attached hydrogen (secondary N) is 1. The van der Waals surface area contributed by atoms with Gasteiger partial charge in [0, 0.05) is 35.6 Å². The molecule has 0 bridgehead atoms. The van der Waals surface area contributed by atoms with Gasteiger partial charge in [0.1, 0.15) is 0 Å². The van der Waals surface area contributed by atoms with Crippen molar-refractivity contribution in [2.45, 2.75) is 32.2 Å². The van der Waals surface area contributed by atoms with Crippen LogP contribution in [0, 0.1) is 13.8 Å². The zero-order valence-electron chi connectivity index (χ0n) is 12.2. The van der Waals surface area contributed by atoms with E-state index >= 15 is 0 Å². The van der Waals surface area contributed by atoms with Crippen molar-refractivity contribution >= 4 is 17.4 Å². The number of rotatable bonds is 5. The third-order valence-corrected chi connectivity index (χ3v) is 4.49. The first kappa shape index (κ1) is 14.1. The normalized spacial score (nSPS) is 10.7. The lowest BCUT2D eigenvalue weighted by molar-refractivity contribution is 0.836. The first-order valence-electron chi connectivity index (χ1n) is 6.71. The predicted molar refractivity (Wildman–Crippen MR) is 85.1 cm³/mol. The number of nitrogens with zero attached hydrogens (tertiary/aromatic N) is 1. The first-order valence-corrected chi connectivity index (χ1v) is 7.69. The molecule has 0 saturated heterocycles. The second-order valence-electron chi connectivity index (χ2n) is 4.74. The van der Waals surface area contributed by atoms with E-state index in [9.17, 15) is 0 Å². The number of hydrogen-bond acceptors (Lipinski definition) is 2. The zero-order valence-corrected chi connectivity index (χ0v) is 13.0. The van der Waals surface area contributed by atoms with Crippen LogP contribution in [0.25, 0.3) is 0 Å². The van der Waals surface area contributed by atoms with Gasteiger partial charge >= 0.3 is 0 Å². The van der Waals surface area contributed by atoms with Crippen molar-refractivity contribution in [3.8, 4) is 0 Å². The Labute approximate surface area is 120 Å². The SMILES string of the molecule is CCSc1ccccc1NCc1cc(C)n(C)c1C. The number of hydrogen-bond donors (Lipinski definition) is 1. The molecule has 0 radical (unpaired) electrons. The lowest BCUT2D eigenvalue weighted by Crippen LogP contribution is -2.02. The van der Waals surface area contributed by atoms with E-state index in [1.165, 1.54) is 27.5 Å². The summed E-state index contributed by atoms with van der Waals surface area (Å²) < 4.78 is 2.24. The molecule has 0 atom stereocenters. The molecule has 0 aliphatic rings. The summed E-state index contributed by atoms with van der Waals surface area (Å²) in [6.45, 7) is 7.40. The summed E-state index contributed by atoms with van der Waals surface area (Å²) in [5.74, 6) is 1.10. The van der Waals surface area contributed by atoms with Crippen molar-refractivity contribution in [3.63, 3.8) is 0 Å². The average molecular weight is 274 g/mol. The summed E-state index contributed by atoms with van der Waals surface area (Å²) in [5, 5.41) is 3.56. The van der Waals surface area contributed by atoms with Gasteiger partial charge in [-0.05, 0) is 43.4 Å². The van der Waals surface area contributed by atoms with Crippen molar-refractivity contribution in [2.24, 2.45) is 7.05 Å². The number of aromatic nitrogens is 1. The monoisotopic (exact) mass is 274 g/mol. The second-order valence-corrected chi connectivity index (χ2v) is 6.04. The molecule has 3 heteroatoms. The molecule has 0 aliphatic heterocycles. The highest BCUT2D eigenvalue weighted by molar-refractivity contribution is 7.99. The Morgan fingerprint density at radius 1 is 1.21 bits per heavy atom. The number of para-hydroxylation sites is 1. The van der Waals surface area contributed by atoms with E-state index in [0.29, 0.717) is 0 Å². The number of anilines is 1. The lowest BCUT2D eigenvalue weighted by atomic mass is 10.2. The third-order valence-electron chi connectivity index (χ3n) is 3.54. The van der Waals surface area contributed by atoms with Crippen LogP contribution in [0.4, 0.5) is 5.69 Å². The predicted octanol–water partition coefficient (Wildman–Crippen LogP) is 4.37. The Hall–Kier alpha value is -1.35. The quantitative estimate of drug-likeness (QED) is 0.816. The fourth-order valence-electron chi connectivity index (χ4n) is 2.20. The van der Waals surface area contributed by atoms with Gasteiger partial charge in [-0.15, -0.1) is 11.8 Å². The van der Waals surface area contributed by atoms with Crippen molar-refractivity contribution in [2.75, 3.05) is 11.1 Å². The minimum atomic E-state index is 0.884. The Morgan fingerprint density at radius 2 is 1.95 bits per heavy atom. The van der Waals surface area contributed by atoms with Crippen molar-refractivity contribution < 1.29 is 0 Å². The molecule has 0 fully saturated rings. The van der Waals surface area contributed by atoms with E-state index in [1.807, 2.05) is 11.8 Å². The van der Waals surface area contributed by atoms with Crippen LogP contribution in [0.2, 0.25) is 0 Å². The van der Waals surface area contributed by atoms with Gasteiger partial charge in [-0.2, -0.15) is 0 Å². The number of benzene rings is 1. The largest absolute Gasteiger partial charge is 0.380 e. The highest BCUT2D eigenvalue weighted by Gasteiger charge is 2.07. The molecule has 0 amide bonds. The Bertz CT molecular complexity index is 558. The third kappa shape index (κ3) is 3.16. The summed E-state index contributed by atoms with van der Waals surface area (Å²) in [5.41, 5.74) is 5.25. The molecule has 0 saturated carbocycles.